The van der Waals surface area contributed by atoms with E-state index in [9.17, 15) is 0 Å². The molecule has 2 heterocycles. The molecule has 4 heteroatoms. The van der Waals surface area contributed by atoms with Crippen molar-refractivity contribution in [2.75, 3.05) is 12.8 Å². The molecular weight excluding hydrogens is 248 g/mol. The van der Waals surface area contributed by atoms with Crippen LogP contribution in [0.2, 0.25) is 0 Å². The fourth-order valence-electron chi connectivity index (χ4n) is 2.50. The van der Waals surface area contributed by atoms with Gasteiger partial charge in [0.25, 0.3) is 0 Å². The predicted octanol–water partition coefficient (Wildman–Crippen LogP) is 3.18. The largest absolute Gasteiger partial charge is 0.315 e. The van der Waals surface area contributed by atoms with Crippen LogP contribution in [-0.4, -0.2) is 28.6 Å². The summed E-state index contributed by atoms with van der Waals surface area (Å²) in [7, 11) is 2.09. The lowest BCUT2D eigenvalue weighted by atomic mass is 9.94. The minimum Gasteiger partial charge on any atom is -0.315 e. The molecule has 1 aromatic heterocycles. The van der Waals surface area contributed by atoms with E-state index < -0.39 is 0 Å². The van der Waals surface area contributed by atoms with Crippen LogP contribution in [0.1, 0.15) is 35.3 Å². The van der Waals surface area contributed by atoms with Crippen LogP contribution < -0.4 is 5.32 Å². The van der Waals surface area contributed by atoms with Crippen molar-refractivity contribution in [1.29, 1.82) is 0 Å². The van der Waals surface area contributed by atoms with Gasteiger partial charge in [-0.15, -0.1) is 11.3 Å². The van der Waals surface area contributed by atoms with Crippen LogP contribution in [0.5, 0.6) is 0 Å². The summed E-state index contributed by atoms with van der Waals surface area (Å²) in [5, 5.41) is 4.79. The van der Waals surface area contributed by atoms with E-state index in [1.54, 1.807) is 0 Å². The molecule has 0 amide bonds. The zero-order valence-electron chi connectivity index (χ0n) is 11.2. The second-order valence-corrected chi connectivity index (χ2v) is 7.98. The third kappa shape index (κ3) is 2.85. The molecule has 0 radical (unpaired) electrons. The Morgan fingerprint density at radius 2 is 2.24 bits per heavy atom. The van der Waals surface area contributed by atoms with E-state index in [0.717, 1.165) is 6.42 Å². The third-order valence-electron chi connectivity index (χ3n) is 3.79. The van der Waals surface area contributed by atoms with Gasteiger partial charge in [-0.1, -0.05) is 0 Å². The lowest BCUT2D eigenvalue weighted by Gasteiger charge is -2.32. The molecule has 1 fully saturated rings. The van der Waals surface area contributed by atoms with Gasteiger partial charge in [0.05, 0.1) is 10.7 Å². The maximum Gasteiger partial charge on any atom is 0.0946 e. The Labute approximate surface area is 113 Å². The summed E-state index contributed by atoms with van der Waals surface area (Å²) in [6.45, 7) is 6.67. The highest BCUT2D eigenvalue weighted by Crippen LogP contribution is 2.41. The minimum atomic E-state index is 0.391. The van der Waals surface area contributed by atoms with Crippen LogP contribution in [0.3, 0.4) is 0 Å². The van der Waals surface area contributed by atoms with Crippen molar-refractivity contribution < 1.29 is 0 Å². The summed E-state index contributed by atoms with van der Waals surface area (Å²) < 4.78 is 0.391. The molecule has 1 aliphatic rings. The Hall–Kier alpha value is -0.0600. The molecule has 2 unspecified atom stereocenters. The van der Waals surface area contributed by atoms with Crippen LogP contribution in [0.4, 0.5) is 0 Å². The lowest BCUT2D eigenvalue weighted by Crippen LogP contribution is -2.45. The third-order valence-corrected chi connectivity index (χ3v) is 6.52. The lowest BCUT2D eigenvalue weighted by molar-refractivity contribution is 0.423. The van der Waals surface area contributed by atoms with Crippen LogP contribution in [-0.2, 0) is 6.42 Å². The predicted molar refractivity (Wildman–Crippen MR) is 78.2 cm³/mol. The summed E-state index contributed by atoms with van der Waals surface area (Å²) in [6.07, 6.45) is 3.75. The standard InChI is InChI=1S/C13H22N2S2/c1-9-10(2)17-12(15-9)8-11(14-4)13(3)6-5-7-16-13/h11,14H,5-8H2,1-4H3. The van der Waals surface area contributed by atoms with E-state index in [0.29, 0.717) is 10.8 Å². The fraction of sp³-hybridized carbons (Fsp3) is 0.769. The SMILES string of the molecule is CNC(Cc1nc(C)c(C)s1)C1(C)CCCS1. The Morgan fingerprint density at radius 3 is 2.71 bits per heavy atom. The van der Waals surface area contributed by atoms with Crippen LogP contribution >= 0.6 is 23.1 Å². The molecule has 2 nitrogen and oxygen atoms in total. The van der Waals surface area contributed by atoms with Crippen molar-refractivity contribution in [2.24, 2.45) is 0 Å². The minimum absolute atomic E-state index is 0.391. The normalized spacial score (nSPS) is 26.4. The van der Waals surface area contributed by atoms with Gasteiger partial charge in [0.2, 0.25) is 0 Å². The van der Waals surface area contributed by atoms with Crippen molar-refractivity contribution >= 4 is 23.1 Å². The molecule has 1 aliphatic heterocycles. The maximum absolute atomic E-state index is 4.67. The Morgan fingerprint density at radius 1 is 1.47 bits per heavy atom. The van der Waals surface area contributed by atoms with E-state index in [1.807, 2.05) is 11.3 Å². The average Bonchev–Trinajstić information content (AvgIpc) is 2.84. The smallest absolute Gasteiger partial charge is 0.0946 e. The highest BCUT2D eigenvalue weighted by molar-refractivity contribution is 8.00. The number of hydrogen-bond donors (Lipinski definition) is 1. The monoisotopic (exact) mass is 270 g/mol. The van der Waals surface area contributed by atoms with Gasteiger partial charge in [-0.2, -0.15) is 11.8 Å². The van der Waals surface area contributed by atoms with Crippen molar-refractivity contribution in [2.45, 2.75) is 50.8 Å². The highest BCUT2D eigenvalue weighted by Gasteiger charge is 2.37. The number of aromatic nitrogens is 1. The summed E-state index contributed by atoms with van der Waals surface area (Å²) in [6, 6.07) is 0.542. The van der Waals surface area contributed by atoms with Crippen molar-refractivity contribution in [3.8, 4) is 0 Å². The summed E-state index contributed by atoms with van der Waals surface area (Å²) in [4.78, 5) is 6.03. The van der Waals surface area contributed by atoms with E-state index in [1.165, 1.54) is 34.2 Å². The first-order valence-corrected chi connectivity index (χ1v) is 8.09. The molecular formula is C13H22N2S2. The number of rotatable bonds is 4. The molecule has 0 aliphatic carbocycles. The number of thioether (sulfide) groups is 1. The molecule has 17 heavy (non-hydrogen) atoms. The zero-order chi connectivity index (χ0) is 12.5. The van der Waals surface area contributed by atoms with E-state index >= 15 is 0 Å². The van der Waals surface area contributed by atoms with E-state index in [4.69, 9.17) is 0 Å². The highest BCUT2D eigenvalue weighted by atomic mass is 32.2. The van der Waals surface area contributed by atoms with E-state index in [-0.39, 0.29) is 0 Å². The van der Waals surface area contributed by atoms with Gasteiger partial charge in [0.15, 0.2) is 0 Å². The Kier molecular flexibility index (Phi) is 4.16. The number of nitrogens with one attached hydrogen (secondary N) is 1. The van der Waals surface area contributed by atoms with Crippen molar-refractivity contribution in [3.63, 3.8) is 0 Å². The first-order chi connectivity index (χ1) is 8.05. The van der Waals surface area contributed by atoms with Crippen LogP contribution in [0.15, 0.2) is 0 Å². The van der Waals surface area contributed by atoms with Gasteiger partial charge >= 0.3 is 0 Å². The molecule has 96 valence electrons. The second-order valence-electron chi connectivity index (χ2n) is 5.06. The topological polar surface area (TPSA) is 24.9 Å². The quantitative estimate of drug-likeness (QED) is 0.909. The van der Waals surface area contributed by atoms with Gasteiger partial charge < -0.3 is 5.32 Å². The molecule has 0 bridgehead atoms. The van der Waals surface area contributed by atoms with E-state index in [2.05, 4.69) is 49.9 Å². The van der Waals surface area contributed by atoms with Gasteiger partial charge in [-0.3, -0.25) is 0 Å². The molecule has 0 spiro atoms. The molecule has 1 N–H and O–H groups in total. The number of likely N-dealkylation sites (N-methyl/N-ethyl adjacent to an activating group) is 1. The van der Waals surface area contributed by atoms with Crippen LogP contribution in [0, 0.1) is 13.8 Å². The number of thiazole rings is 1. The van der Waals surface area contributed by atoms with Gasteiger partial charge in [0.1, 0.15) is 0 Å². The second kappa shape index (κ2) is 5.29. The summed E-state index contributed by atoms with van der Waals surface area (Å²) in [5.41, 5.74) is 1.20. The average molecular weight is 270 g/mol. The molecule has 0 aromatic carbocycles. The molecule has 0 saturated carbocycles. The first kappa shape index (κ1) is 13.4. The number of aryl methyl sites for hydroxylation is 2. The number of hydrogen-bond acceptors (Lipinski definition) is 4. The van der Waals surface area contributed by atoms with Crippen molar-refractivity contribution in [1.82, 2.24) is 10.3 Å². The molecule has 2 atom stereocenters. The first-order valence-electron chi connectivity index (χ1n) is 6.29. The molecule has 1 saturated heterocycles. The summed E-state index contributed by atoms with van der Waals surface area (Å²) in [5.74, 6) is 1.31. The van der Waals surface area contributed by atoms with Gasteiger partial charge in [-0.25, -0.2) is 4.98 Å². The maximum atomic E-state index is 4.67. The molecule has 1 aromatic rings. The number of nitrogens with zero attached hydrogens (tertiary/aromatic N) is 1. The Balaban J connectivity index is 2.09. The summed E-state index contributed by atoms with van der Waals surface area (Å²) >= 11 is 3.98. The molecule has 2 rings (SSSR count). The van der Waals surface area contributed by atoms with Crippen LogP contribution in [0.25, 0.3) is 0 Å². The fourth-order valence-corrected chi connectivity index (χ4v) is 4.93. The Bertz CT molecular complexity index is 361. The van der Waals surface area contributed by atoms with Gasteiger partial charge in [-0.05, 0) is 46.4 Å². The van der Waals surface area contributed by atoms with Gasteiger partial charge in [0, 0.05) is 22.1 Å². The zero-order valence-corrected chi connectivity index (χ0v) is 12.8. The van der Waals surface area contributed by atoms with Crippen molar-refractivity contribution in [3.05, 3.63) is 15.6 Å².